The summed E-state index contributed by atoms with van der Waals surface area (Å²) in [7, 11) is 0. The summed E-state index contributed by atoms with van der Waals surface area (Å²) in [6.07, 6.45) is 6.62. The standard InChI is InChI=1S/C26H24FN7O3/c27-17-9-10-18-23(21(17)26(35)36)34(16-6-2-1-3-7-16)19(32-18)11-12-28-24-22-25(30-14-29-24)33(15-31-22)20-8-4-5-13-37-20/h1-3,6-7,9-10,14-15,20H,4-5,8,11-13H2,(H,35,36)(H,28,29,30)/t20-/m0/s1. The van der Waals surface area contributed by atoms with Crippen molar-refractivity contribution in [3.05, 3.63) is 72.3 Å². The number of imidazole rings is 2. The van der Waals surface area contributed by atoms with E-state index in [1.165, 1.54) is 12.4 Å². The summed E-state index contributed by atoms with van der Waals surface area (Å²) in [5.74, 6) is -0.971. The fourth-order valence-corrected chi connectivity index (χ4v) is 4.84. The summed E-state index contributed by atoms with van der Waals surface area (Å²) in [4.78, 5) is 29.9. The number of carboxylic acids is 1. The first-order valence-electron chi connectivity index (χ1n) is 12.1. The normalized spacial score (nSPS) is 15.9. The molecule has 0 aliphatic carbocycles. The van der Waals surface area contributed by atoms with Crippen molar-refractivity contribution >= 4 is 34.0 Å². The number of anilines is 1. The van der Waals surface area contributed by atoms with Crippen LogP contribution in [0.2, 0.25) is 0 Å². The first-order chi connectivity index (χ1) is 18.1. The van der Waals surface area contributed by atoms with Crippen molar-refractivity contribution in [3.63, 3.8) is 0 Å². The number of hydrogen-bond acceptors (Lipinski definition) is 7. The van der Waals surface area contributed by atoms with Gasteiger partial charge in [0, 0.05) is 25.3 Å². The molecule has 2 N–H and O–H groups in total. The van der Waals surface area contributed by atoms with Gasteiger partial charge in [0.05, 0.1) is 17.4 Å². The number of nitrogens with one attached hydrogen (secondary N) is 1. The van der Waals surface area contributed by atoms with E-state index in [-0.39, 0.29) is 11.7 Å². The zero-order valence-corrected chi connectivity index (χ0v) is 19.8. The van der Waals surface area contributed by atoms with E-state index in [4.69, 9.17) is 4.74 Å². The minimum absolute atomic E-state index is 0.0869. The summed E-state index contributed by atoms with van der Waals surface area (Å²) in [6, 6.07) is 11.9. The number of rotatable bonds is 7. The van der Waals surface area contributed by atoms with Crippen LogP contribution in [0.15, 0.2) is 55.1 Å². The van der Waals surface area contributed by atoms with E-state index in [2.05, 4.69) is 25.3 Å². The average molecular weight is 502 g/mol. The van der Waals surface area contributed by atoms with Crippen LogP contribution in [0.4, 0.5) is 10.2 Å². The largest absolute Gasteiger partial charge is 0.478 e. The molecule has 3 aromatic heterocycles. The van der Waals surface area contributed by atoms with Gasteiger partial charge in [-0.15, -0.1) is 0 Å². The maximum Gasteiger partial charge on any atom is 0.340 e. The van der Waals surface area contributed by atoms with E-state index in [0.717, 1.165) is 31.9 Å². The molecule has 0 amide bonds. The molecule has 0 bridgehead atoms. The Bertz CT molecular complexity index is 1590. The van der Waals surface area contributed by atoms with Crippen LogP contribution < -0.4 is 5.32 Å². The van der Waals surface area contributed by atoms with Crippen LogP contribution in [0.3, 0.4) is 0 Å². The van der Waals surface area contributed by atoms with Gasteiger partial charge in [0.25, 0.3) is 0 Å². The number of nitrogens with zero attached hydrogens (tertiary/aromatic N) is 6. The number of aromatic nitrogens is 6. The van der Waals surface area contributed by atoms with Crippen LogP contribution in [-0.4, -0.2) is 53.3 Å². The highest BCUT2D eigenvalue weighted by Gasteiger charge is 2.23. The fraction of sp³-hybridized carbons (Fsp3) is 0.269. The number of halogens is 1. The molecular weight excluding hydrogens is 477 g/mol. The molecule has 37 heavy (non-hydrogen) atoms. The lowest BCUT2D eigenvalue weighted by molar-refractivity contribution is -0.0298. The van der Waals surface area contributed by atoms with Gasteiger partial charge in [-0.3, -0.25) is 9.13 Å². The van der Waals surface area contributed by atoms with Gasteiger partial charge in [-0.2, -0.15) is 0 Å². The van der Waals surface area contributed by atoms with E-state index in [1.54, 1.807) is 10.9 Å². The van der Waals surface area contributed by atoms with Crippen molar-refractivity contribution in [1.29, 1.82) is 0 Å². The van der Waals surface area contributed by atoms with E-state index < -0.39 is 17.3 Å². The van der Waals surface area contributed by atoms with Crippen LogP contribution >= 0.6 is 0 Å². The van der Waals surface area contributed by atoms with E-state index in [9.17, 15) is 14.3 Å². The smallest absolute Gasteiger partial charge is 0.340 e. The summed E-state index contributed by atoms with van der Waals surface area (Å²) < 4.78 is 24.1. The Morgan fingerprint density at radius 3 is 2.78 bits per heavy atom. The highest BCUT2D eigenvalue weighted by atomic mass is 19.1. The van der Waals surface area contributed by atoms with Gasteiger partial charge < -0.3 is 15.2 Å². The molecule has 1 saturated heterocycles. The molecule has 2 aromatic carbocycles. The lowest BCUT2D eigenvalue weighted by Crippen LogP contribution is -2.17. The molecule has 0 unspecified atom stereocenters. The second kappa shape index (κ2) is 9.58. The minimum atomic E-state index is -1.34. The second-order valence-electron chi connectivity index (χ2n) is 8.84. The molecule has 10 nitrogen and oxygen atoms in total. The lowest BCUT2D eigenvalue weighted by Gasteiger charge is -2.23. The molecule has 0 radical (unpaired) electrons. The maximum atomic E-state index is 14.6. The van der Waals surface area contributed by atoms with Crippen molar-refractivity contribution < 1.29 is 19.0 Å². The zero-order valence-electron chi connectivity index (χ0n) is 19.8. The average Bonchev–Trinajstić information content (AvgIpc) is 3.51. The molecule has 0 saturated carbocycles. The maximum absolute atomic E-state index is 14.6. The molecule has 1 atom stereocenters. The van der Waals surface area contributed by atoms with Crippen molar-refractivity contribution in [3.8, 4) is 5.69 Å². The number of aromatic carboxylic acids is 1. The van der Waals surface area contributed by atoms with Crippen molar-refractivity contribution in [2.45, 2.75) is 31.9 Å². The Hall–Kier alpha value is -4.38. The zero-order chi connectivity index (χ0) is 25.4. The number of hydrogen-bond donors (Lipinski definition) is 2. The Morgan fingerprint density at radius 1 is 1.14 bits per heavy atom. The number of benzene rings is 2. The SMILES string of the molecule is O=C(O)c1c(F)ccc2nc(CCNc3ncnc4c3ncn4[C@@H]3CCCCO3)n(-c3ccccc3)c12. The number of fused-ring (bicyclic) bond motifs is 2. The molecule has 0 spiro atoms. The minimum Gasteiger partial charge on any atom is -0.478 e. The Kier molecular flexibility index (Phi) is 5.97. The molecule has 1 aliphatic rings. The van der Waals surface area contributed by atoms with Crippen LogP contribution in [-0.2, 0) is 11.2 Å². The van der Waals surface area contributed by atoms with Gasteiger partial charge >= 0.3 is 5.97 Å². The predicted octanol–water partition coefficient (Wildman–Crippen LogP) is 4.36. The Labute approximate surface area is 210 Å². The highest BCUT2D eigenvalue weighted by Crippen LogP contribution is 2.29. The molecule has 1 aliphatic heterocycles. The number of ether oxygens (including phenoxy) is 1. The van der Waals surface area contributed by atoms with Gasteiger partial charge in [0.15, 0.2) is 17.0 Å². The molecule has 4 heterocycles. The topological polar surface area (TPSA) is 120 Å². The molecule has 188 valence electrons. The Morgan fingerprint density at radius 2 is 2.00 bits per heavy atom. The lowest BCUT2D eigenvalue weighted by atomic mass is 10.1. The highest BCUT2D eigenvalue weighted by molar-refractivity contribution is 6.02. The van der Waals surface area contributed by atoms with Gasteiger partial charge in [-0.05, 0) is 43.5 Å². The molecular formula is C26H24FN7O3. The van der Waals surface area contributed by atoms with Crippen molar-refractivity contribution in [2.24, 2.45) is 0 Å². The van der Waals surface area contributed by atoms with Crippen LogP contribution in [0.25, 0.3) is 27.9 Å². The van der Waals surface area contributed by atoms with Crippen molar-refractivity contribution in [1.82, 2.24) is 29.1 Å². The van der Waals surface area contributed by atoms with Gasteiger partial charge in [0.1, 0.15) is 29.8 Å². The molecule has 5 aromatic rings. The third-order valence-corrected chi connectivity index (χ3v) is 6.53. The summed E-state index contributed by atoms with van der Waals surface area (Å²) in [5.41, 5.74) is 2.27. The van der Waals surface area contributed by atoms with E-state index in [0.29, 0.717) is 47.0 Å². The molecule has 1 fully saturated rings. The van der Waals surface area contributed by atoms with Crippen molar-refractivity contribution in [2.75, 3.05) is 18.5 Å². The van der Waals surface area contributed by atoms with E-state index >= 15 is 0 Å². The van der Waals surface area contributed by atoms with Gasteiger partial charge in [-0.1, -0.05) is 18.2 Å². The molecule has 11 heteroatoms. The number of carbonyl (C=O) groups is 1. The third-order valence-electron chi connectivity index (χ3n) is 6.53. The Balaban J connectivity index is 1.32. The van der Waals surface area contributed by atoms with Crippen LogP contribution in [0.1, 0.15) is 41.7 Å². The monoisotopic (exact) mass is 501 g/mol. The van der Waals surface area contributed by atoms with Gasteiger partial charge in [0.2, 0.25) is 0 Å². The van der Waals surface area contributed by atoms with Crippen LogP contribution in [0.5, 0.6) is 0 Å². The van der Waals surface area contributed by atoms with Gasteiger partial charge in [-0.25, -0.2) is 29.1 Å². The van der Waals surface area contributed by atoms with E-state index in [1.807, 2.05) is 34.9 Å². The number of carboxylic acid groups (broad SMARTS) is 1. The second-order valence-corrected chi connectivity index (χ2v) is 8.84. The first-order valence-corrected chi connectivity index (χ1v) is 12.1. The molecule has 6 rings (SSSR count). The summed E-state index contributed by atoms with van der Waals surface area (Å²) in [5, 5.41) is 13.1. The summed E-state index contributed by atoms with van der Waals surface area (Å²) in [6.45, 7) is 1.15. The quantitative estimate of drug-likeness (QED) is 0.338. The predicted molar refractivity (Wildman–Crippen MR) is 134 cm³/mol. The number of para-hydroxylation sites is 1. The fourth-order valence-electron chi connectivity index (χ4n) is 4.84. The van der Waals surface area contributed by atoms with Crippen LogP contribution in [0, 0.1) is 5.82 Å². The summed E-state index contributed by atoms with van der Waals surface area (Å²) >= 11 is 0. The first kappa shape index (κ1) is 23.0. The third kappa shape index (κ3) is 4.16.